The lowest BCUT2D eigenvalue weighted by Gasteiger charge is -2.31. The van der Waals surface area contributed by atoms with Crippen LogP contribution in [0.3, 0.4) is 0 Å². The maximum Gasteiger partial charge on any atom is 0.490 e. The maximum absolute atomic E-state index is 12.8. The summed E-state index contributed by atoms with van der Waals surface area (Å²) in [4.78, 5) is 27.4. The van der Waals surface area contributed by atoms with Crippen LogP contribution in [0, 0.1) is 0 Å². The standard InChI is InChI=1S/C29H31N3O3.C2HF3O2/c1-34-25-13-15-32(16-14-25)19-21-7-9-24(10-8-21)30-29(33)28-18-23-17-26(11-12-27(23)31-28)35-20-22-5-3-2-4-6-22;3-2(4,5)1(6)7/h2-12,17-18,25,31H,13-16,19-20H2,1H3,(H,30,33);(H,6,7). The van der Waals surface area contributed by atoms with E-state index >= 15 is 0 Å². The lowest BCUT2D eigenvalue weighted by Crippen LogP contribution is -2.36. The topological polar surface area (TPSA) is 104 Å². The number of aliphatic carboxylic acids is 1. The molecule has 4 aromatic rings. The zero-order valence-electron chi connectivity index (χ0n) is 23.0. The molecule has 3 aromatic carbocycles. The first kappa shape index (κ1) is 30.6. The van der Waals surface area contributed by atoms with E-state index < -0.39 is 12.1 Å². The fourth-order valence-corrected chi connectivity index (χ4v) is 4.52. The number of nitrogens with one attached hydrogen (secondary N) is 2. The summed E-state index contributed by atoms with van der Waals surface area (Å²) in [5.41, 5.74) is 4.55. The average molecular weight is 584 g/mol. The summed E-state index contributed by atoms with van der Waals surface area (Å²) in [5.74, 6) is -2.15. The second-order valence-corrected chi connectivity index (χ2v) is 9.87. The van der Waals surface area contributed by atoms with Gasteiger partial charge >= 0.3 is 12.1 Å². The minimum absolute atomic E-state index is 0.164. The first-order valence-electron chi connectivity index (χ1n) is 13.4. The normalized spacial score (nSPS) is 14.2. The Morgan fingerprint density at radius 3 is 2.26 bits per heavy atom. The Morgan fingerprint density at radius 2 is 1.64 bits per heavy atom. The van der Waals surface area contributed by atoms with E-state index in [0.717, 1.165) is 60.4 Å². The Balaban J connectivity index is 0.000000517. The van der Waals surface area contributed by atoms with Crippen LogP contribution in [0.1, 0.15) is 34.5 Å². The van der Waals surface area contributed by atoms with Crippen molar-refractivity contribution < 1.29 is 37.3 Å². The fourth-order valence-electron chi connectivity index (χ4n) is 4.52. The summed E-state index contributed by atoms with van der Waals surface area (Å²) in [6.45, 7) is 3.53. The van der Waals surface area contributed by atoms with Gasteiger partial charge in [0.1, 0.15) is 18.1 Å². The van der Waals surface area contributed by atoms with Crippen molar-refractivity contribution in [2.75, 3.05) is 25.5 Å². The number of benzene rings is 3. The quantitative estimate of drug-likeness (QED) is 0.227. The van der Waals surface area contributed by atoms with Crippen LogP contribution in [-0.4, -0.2) is 59.3 Å². The molecule has 0 spiro atoms. The van der Waals surface area contributed by atoms with Gasteiger partial charge in [0, 0.05) is 43.3 Å². The number of amides is 1. The van der Waals surface area contributed by atoms with Gasteiger partial charge in [-0.3, -0.25) is 9.69 Å². The van der Waals surface area contributed by atoms with Crippen LogP contribution in [0.2, 0.25) is 0 Å². The first-order valence-corrected chi connectivity index (χ1v) is 13.4. The number of aromatic amines is 1. The van der Waals surface area contributed by atoms with Crippen molar-refractivity contribution in [3.63, 3.8) is 0 Å². The number of carbonyl (C=O) groups excluding carboxylic acids is 1. The molecule has 2 heterocycles. The van der Waals surface area contributed by atoms with E-state index in [-0.39, 0.29) is 5.91 Å². The van der Waals surface area contributed by atoms with Crippen molar-refractivity contribution in [3.8, 4) is 5.75 Å². The zero-order valence-corrected chi connectivity index (χ0v) is 23.0. The molecule has 1 amide bonds. The van der Waals surface area contributed by atoms with Gasteiger partial charge in [-0.15, -0.1) is 0 Å². The summed E-state index contributed by atoms with van der Waals surface area (Å²) < 4.78 is 43.1. The van der Waals surface area contributed by atoms with Crippen molar-refractivity contribution in [1.29, 1.82) is 0 Å². The molecule has 1 aliphatic rings. The molecule has 8 nitrogen and oxygen atoms in total. The number of carbonyl (C=O) groups is 2. The minimum atomic E-state index is -5.08. The number of alkyl halides is 3. The van der Waals surface area contributed by atoms with Crippen LogP contribution >= 0.6 is 0 Å². The number of piperidine rings is 1. The minimum Gasteiger partial charge on any atom is -0.489 e. The number of hydrogen-bond donors (Lipinski definition) is 3. The van der Waals surface area contributed by atoms with Gasteiger partial charge < -0.3 is 24.9 Å². The number of aromatic nitrogens is 1. The molecule has 0 saturated carbocycles. The van der Waals surface area contributed by atoms with E-state index in [1.165, 1.54) is 5.56 Å². The molecule has 0 aliphatic carbocycles. The van der Waals surface area contributed by atoms with E-state index in [2.05, 4.69) is 27.3 Å². The Labute approximate surface area is 241 Å². The highest BCUT2D eigenvalue weighted by atomic mass is 19.4. The Kier molecular flexibility index (Phi) is 10.2. The third kappa shape index (κ3) is 8.82. The van der Waals surface area contributed by atoms with E-state index in [1.807, 2.05) is 66.7 Å². The molecular formula is C31H32F3N3O5. The lowest BCUT2D eigenvalue weighted by molar-refractivity contribution is -0.192. The van der Waals surface area contributed by atoms with Crippen LogP contribution in [0.4, 0.5) is 18.9 Å². The van der Waals surface area contributed by atoms with E-state index in [0.29, 0.717) is 18.4 Å². The predicted molar refractivity (Wildman–Crippen MR) is 152 cm³/mol. The number of nitrogens with zero attached hydrogens (tertiary/aromatic N) is 1. The highest BCUT2D eigenvalue weighted by molar-refractivity contribution is 6.06. The number of carboxylic acid groups (broad SMARTS) is 1. The van der Waals surface area contributed by atoms with Crippen molar-refractivity contribution in [1.82, 2.24) is 9.88 Å². The molecule has 0 unspecified atom stereocenters. The third-order valence-electron chi connectivity index (χ3n) is 6.81. The van der Waals surface area contributed by atoms with Crippen molar-refractivity contribution in [3.05, 3.63) is 95.7 Å². The van der Waals surface area contributed by atoms with Crippen molar-refractivity contribution in [2.45, 2.75) is 38.3 Å². The van der Waals surface area contributed by atoms with E-state index in [1.54, 1.807) is 7.11 Å². The van der Waals surface area contributed by atoms with Crippen LogP contribution in [0.5, 0.6) is 5.75 Å². The monoisotopic (exact) mass is 583 g/mol. The number of rotatable bonds is 8. The highest BCUT2D eigenvalue weighted by Gasteiger charge is 2.38. The van der Waals surface area contributed by atoms with Gasteiger partial charge in [-0.05, 0) is 60.4 Å². The zero-order chi connectivity index (χ0) is 30.1. The molecule has 1 saturated heterocycles. The van der Waals surface area contributed by atoms with Crippen molar-refractivity contribution in [2.24, 2.45) is 0 Å². The lowest BCUT2D eigenvalue weighted by atomic mass is 10.1. The number of likely N-dealkylation sites (tertiary alicyclic amines) is 1. The molecule has 42 heavy (non-hydrogen) atoms. The number of carboxylic acids is 1. The molecule has 3 N–H and O–H groups in total. The predicted octanol–water partition coefficient (Wildman–Crippen LogP) is 6.24. The largest absolute Gasteiger partial charge is 0.490 e. The molecular weight excluding hydrogens is 551 g/mol. The number of methoxy groups -OCH3 is 1. The Morgan fingerprint density at radius 1 is 0.976 bits per heavy atom. The van der Waals surface area contributed by atoms with Gasteiger partial charge in [0.2, 0.25) is 0 Å². The smallest absolute Gasteiger partial charge is 0.489 e. The van der Waals surface area contributed by atoms with Crippen LogP contribution < -0.4 is 10.1 Å². The number of anilines is 1. The summed E-state index contributed by atoms with van der Waals surface area (Å²) in [6.07, 6.45) is -2.53. The van der Waals surface area contributed by atoms with Crippen LogP contribution in [0.15, 0.2) is 78.9 Å². The van der Waals surface area contributed by atoms with Gasteiger partial charge in [-0.25, -0.2) is 4.79 Å². The van der Waals surface area contributed by atoms with Gasteiger partial charge in [0.15, 0.2) is 0 Å². The van der Waals surface area contributed by atoms with Crippen molar-refractivity contribution >= 4 is 28.5 Å². The van der Waals surface area contributed by atoms with E-state index in [9.17, 15) is 18.0 Å². The molecule has 5 rings (SSSR count). The molecule has 0 radical (unpaired) electrons. The van der Waals surface area contributed by atoms with Gasteiger partial charge in [0.05, 0.1) is 6.10 Å². The summed E-state index contributed by atoms with van der Waals surface area (Å²) in [7, 11) is 1.79. The number of ether oxygens (including phenoxy) is 2. The molecule has 1 aliphatic heterocycles. The first-order chi connectivity index (χ1) is 20.1. The number of fused-ring (bicyclic) bond motifs is 1. The Bertz CT molecular complexity index is 1460. The number of halogens is 3. The number of hydrogen-bond acceptors (Lipinski definition) is 5. The number of H-pyrrole nitrogens is 1. The summed E-state index contributed by atoms with van der Waals surface area (Å²) in [6, 6.07) is 25.8. The molecule has 11 heteroatoms. The fraction of sp³-hybridized carbons (Fsp3) is 0.290. The summed E-state index contributed by atoms with van der Waals surface area (Å²) >= 11 is 0. The molecule has 222 valence electrons. The second kappa shape index (κ2) is 14.0. The van der Waals surface area contributed by atoms with E-state index in [4.69, 9.17) is 19.4 Å². The molecule has 1 fully saturated rings. The van der Waals surface area contributed by atoms with Gasteiger partial charge in [-0.1, -0.05) is 42.5 Å². The third-order valence-corrected chi connectivity index (χ3v) is 6.81. The van der Waals surface area contributed by atoms with Gasteiger partial charge in [0.25, 0.3) is 5.91 Å². The van der Waals surface area contributed by atoms with Gasteiger partial charge in [-0.2, -0.15) is 13.2 Å². The van der Waals surface area contributed by atoms with Crippen LogP contribution in [0.25, 0.3) is 10.9 Å². The van der Waals surface area contributed by atoms with Crippen LogP contribution in [-0.2, 0) is 22.7 Å². The molecule has 1 aromatic heterocycles. The average Bonchev–Trinajstić information content (AvgIpc) is 3.42. The Hall–Kier alpha value is -4.35. The second-order valence-electron chi connectivity index (χ2n) is 9.87. The highest BCUT2D eigenvalue weighted by Crippen LogP contribution is 2.24. The SMILES string of the molecule is COC1CCN(Cc2ccc(NC(=O)c3cc4cc(OCc5ccccc5)ccc4[nH]3)cc2)CC1.O=C(O)C(F)(F)F. The molecule has 0 atom stereocenters. The molecule has 0 bridgehead atoms. The maximum atomic E-state index is 12.8. The summed E-state index contributed by atoms with van der Waals surface area (Å²) in [5, 5.41) is 11.1.